The summed E-state index contributed by atoms with van der Waals surface area (Å²) in [5, 5.41) is 11.1. The Labute approximate surface area is 88.8 Å². The number of hydrogen-bond acceptors (Lipinski definition) is 5. The lowest BCUT2D eigenvalue weighted by atomic mass is 10.2. The molecule has 0 amide bonds. The van der Waals surface area contributed by atoms with Gasteiger partial charge in [0, 0.05) is 19.3 Å². The SMILES string of the molecule is c1cnnc(CNCC2CCOCO2)c1. The van der Waals surface area contributed by atoms with Crippen molar-refractivity contribution in [1.82, 2.24) is 15.5 Å². The molecule has 1 aromatic rings. The first-order chi connectivity index (χ1) is 7.45. The number of nitrogens with one attached hydrogen (secondary N) is 1. The third-order valence-electron chi connectivity index (χ3n) is 2.28. The largest absolute Gasteiger partial charge is 0.355 e. The molecule has 2 rings (SSSR count). The Kier molecular flexibility index (Phi) is 4.01. The fourth-order valence-electron chi connectivity index (χ4n) is 1.45. The molecule has 1 aliphatic rings. The van der Waals surface area contributed by atoms with Crippen molar-refractivity contribution in [1.29, 1.82) is 0 Å². The summed E-state index contributed by atoms with van der Waals surface area (Å²) >= 11 is 0. The van der Waals surface area contributed by atoms with Gasteiger partial charge in [0.2, 0.25) is 0 Å². The van der Waals surface area contributed by atoms with Crippen LogP contribution < -0.4 is 5.32 Å². The molecule has 1 unspecified atom stereocenters. The molecule has 1 aliphatic heterocycles. The summed E-state index contributed by atoms with van der Waals surface area (Å²) in [6.07, 6.45) is 2.88. The smallest absolute Gasteiger partial charge is 0.147 e. The number of ether oxygens (including phenoxy) is 2. The van der Waals surface area contributed by atoms with Crippen molar-refractivity contribution in [3.05, 3.63) is 24.0 Å². The average Bonchev–Trinajstić information content (AvgIpc) is 2.32. The number of nitrogens with zero attached hydrogens (tertiary/aromatic N) is 2. The van der Waals surface area contributed by atoms with Crippen LogP contribution in [-0.2, 0) is 16.0 Å². The Balaban J connectivity index is 1.66. The maximum atomic E-state index is 5.40. The van der Waals surface area contributed by atoms with Crippen LogP contribution in [0.15, 0.2) is 18.3 Å². The predicted octanol–water partition coefficient (Wildman–Crippen LogP) is 0.329. The fraction of sp³-hybridized carbons (Fsp3) is 0.600. The predicted molar refractivity (Wildman–Crippen MR) is 54.0 cm³/mol. The topological polar surface area (TPSA) is 56.3 Å². The second kappa shape index (κ2) is 5.75. The van der Waals surface area contributed by atoms with E-state index in [1.165, 1.54) is 0 Å². The zero-order valence-corrected chi connectivity index (χ0v) is 8.56. The molecule has 1 saturated heterocycles. The summed E-state index contributed by atoms with van der Waals surface area (Å²) in [5.74, 6) is 0. The van der Waals surface area contributed by atoms with E-state index < -0.39 is 0 Å². The highest BCUT2D eigenvalue weighted by Gasteiger charge is 2.13. The van der Waals surface area contributed by atoms with Gasteiger partial charge in [-0.3, -0.25) is 0 Å². The van der Waals surface area contributed by atoms with Crippen LogP contribution in [0.4, 0.5) is 0 Å². The minimum absolute atomic E-state index is 0.260. The highest BCUT2D eigenvalue weighted by atomic mass is 16.7. The van der Waals surface area contributed by atoms with Crippen LogP contribution in [0.2, 0.25) is 0 Å². The number of rotatable bonds is 4. The van der Waals surface area contributed by atoms with Crippen LogP contribution in [0.3, 0.4) is 0 Å². The third kappa shape index (κ3) is 3.54. The zero-order valence-electron chi connectivity index (χ0n) is 8.56. The van der Waals surface area contributed by atoms with E-state index in [2.05, 4.69) is 15.5 Å². The maximum absolute atomic E-state index is 5.40. The first kappa shape index (κ1) is 10.5. The van der Waals surface area contributed by atoms with E-state index in [-0.39, 0.29) is 6.10 Å². The lowest BCUT2D eigenvalue weighted by Gasteiger charge is -2.22. The van der Waals surface area contributed by atoms with E-state index in [9.17, 15) is 0 Å². The summed E-state index contributed by atoms with van der Waals surface area (Å²) in [6, 6.07) is 3.83. The van der Waals surface area contributed by atoms with Gasteiger partial charge in [-0.2, -0.15) is 10.2 Å². The van der Waals surface area contributed by atoms with E-state index in [1.807, 2.05) is 12.1 Å². The Morgan fingerprint density at radius 1 is 1.53 bits per heavy atom. The Hall–Kier alpha value is -1.04. The van der Waals surface area contributed by atoms with Crippen molar-refractivity contribution in [3.63, 3.8) is 0 Å². The van der Waals surface area contributed by atoms with E-state index in [0.717, 1.165) is 31.8 Å². The van der Waals surface area contributed by atoms with Crippen LogP contribution in [0, 0.1) is 0 Å². The first-order valence-electron chi connectivity index (χ1n) is 5.12. The zero-order chi connectivity index (χ0) is 10.3. The first-order valence-corrected chi connectivity index (χ1v) is 5.12. The number of hydrogen-bond donors (Lipinski definition) is 1. The lowest BCUT2D eigenvalue weighted by Crippen LogP contribution is -2.33. The summed E-state index contributed by atoms with van der Waals surface area (Å²) < 4.78 is 10.5. The van der Waals surface area contributed by atoms with Crippen molar-refractivity contribution in [3.8, 4) is 0 Å². The van der Waals surface area contributed by atoms with Crippen molar-refractivity contribution in [2.75, 3.05) is 19.9 Å². The van der Waals surface area contributed by atoms with Crippen molar-refractivity contribution >= 4 is 0 Å². The second-order valence-corrected chi connectivity index (χ2v) is 3.45. The van der Waals surface area contributed by atoms with Crippen molar-refractivity contribution < 1.29 is 9.47 Å². The monoisotopic (exact) mass is 209 g/mol. The van der Waals surface area contributed by atoms with Gasteiger partial charge in [0.25, 0.3) is 0 Å². The average molecular weight is 209 g/mol. The quantitative estimate of drug-likeness (QED) is 0.774. The standard InChI is InChI=1S/C10H15N3O2/c1-2-9(13-12-4-1)6-11-7-10-3-5-14-8-15-10/h1-2,4,10-11H,3,5-8H2. The molecule has 5 nitrogen and oxygen atoms in total. The summed E-state index contributed by atoms with van der Waals surface area (Å²) in [4.78, 5) is 0. The highest BCUT2D eigenvalue weighted by molar-refractivity contribution is 4.98. The molecule has 82 valence electrons. The summed E-state index contributed by atoms with van der Waals surface area (Å²) in [7, 11) is 0. The van der Waals surface area contributed by atoms with Gasteiger partial charge in [-0.25, -0.2) is 0 Å². The molecule has 15 heavy (non-hydrogen) atoms. The van der Waals surface area contributed by atoms with Crippen LogP contribution >= 0.6 is 0 Å². The normalized spacial score (nSPS) is 21.5. The van der Waals surface area contributed by atoms with E-state index >= 15 is 0 Å². The molecule has 1 aromatic heterocycles. The van der Waals surface area contributed by atoms with Gasteiger partial charge in [0.1, 0.15) is 6.79 Å². The highest BCUT2D eigenvalue weighted by Crippen LogP contribution is 2.04. The molecule has 0 aromatic carbocycles. The van der Waals surface area contributed by atoms with E-state index in [1.54, 1.807) is 6.20 Å². The summed E-state index contributed by atoms with van der Waals surface area (Å²) in [6.45, 7) is 2.77. The summed E-state index contributed by atoms with van der Waals surface area (Å²) in [5.41, 5.74) is 0.949. The number of aromatic nitrogens is 2. The second-order valence-electron chi connectivity index (χ2n) is 3.45. The Morgan fingerprint density at radius 2 is 2.53 bits per heavy atom. The molecule has 0 spiro atoms. The fourth-order valence-corrected chi connectivity index (χ4v) is 1.45. The third-order valence-corrected chi connectivity index (χ3v) is 2.28. The minimum Gasteiger partial charge on any atom is -0.355 e. The lowest BCUT2D eigenvalue weighted by molar-refractivity contribution is -0.137. The van der Waals surface area contributed by atoms with Crippen LogP contribution in [-0.4, -0.2) is 36.2 Å². The molecule has 1 fully saturated rings. The molecule has 1 atom stereocenters. The molecule has 0 radical (unpaired) electrons. The van der Waals surface area contributed by atoms with Crippen molar-refractivity contribution in [2.45, 2.75) is 19.1 Å². The van der Waals surface area contributed by atoms with Gasteiger partial charge < -0.3 is 14.8 Å². The molecular formula is C10H15N3O2. The molecular weight excluding hydrogens is 194 g/mol. The van der Waals surface area contributed by atoms with E-state index in [0.29, 0.717) is 6.79 Å². The van der Waals surface area contributed by atoms with Gasteiger partial charge in [-0.15, -0.1) is 0 Å². The van der Waals surface area contributed by atoms with Crippen LogP contribution in [0.25, 0.3) is 0 Å². The Bertz CT molecular complexity index is 275. The van der Waals surface area contributed by atoms with Gasteiger partial charge in [0.05, 0.1) is 18.4 Å². The Morgan fingerprint density at radius 3 is 3.27 bits per heavy atom. The van der Waals surface area contributed by atoms with Gasteiger partial charge >= 0.3 is 0 Å². The molecule has 0 bridgehead atoms. The molecule has 2 heterocycles. The molecule has 1 N–H and O–H groups in total. The van der Waals surface area contributed by atoms with Crippen molar-refractivity contribution in [2.24, 2.45) is 0 Å². The maximum Gasteiger partial charge on any atom is 0.147 e. The molecule has 0 aliphatic carbocycles. The minimum atomic E-state index is 0.260. The molecule has 0 saturated carbocycles. The van der Waals surface area contributed by atoms with Gasteiger partial charge in [-0.05, 0) is 18.6 Å². The van der Waals surface area contributed by atoms with Crippen LogP contribution in [0.1, 0.15) is 12.1 Å². The molecule has 5 heteroatoms. The van der Waals surface area contributed by atoms with E-state index in [4.69, 9.17) is 9.47 Å². The van der Waals surface area contributed by atoms with Crippen LogP contribution in [0.5, 0.6) is 0 Å². The van der Waals surface area contributed by atoms with Gasteiger partial charge in [-0.1, -0.05) is 0 Å². The van der Waals surface area contributed by atoms with Gasteiger partial charge in [0.15, 0.2) is 0 Å².